The van der Waals surface area contributed by atoms with Gasteiger partial charge in [0.25, 0.3) is 5.91 Å². The third kappa shape index (κ3) is 3.62. The molecular weight excluding hydrogens is 220 g/mol. The van der Waals surface area contributed by atoms with Crippen molar-refractivity contribution in [3.05, 3.63) is 24.0 Å². The standard InChI is InChI=1S/C12H18N2O3/c1-4-17-11(15)8-13-12(16)10-6-5-7-14(10)9(2)3/h5-7,9H,4,8H2,1-3H3,(H,13,16). The molecule has 0 aliphatic heterocycles. The molecule has 1 N–H and O–H groups in total. The van der Waals surface area contributed by atoms with E-state index in [9.17, 15) is 9.59 Å². The van der Waals surface area contributed by atoms with Crippen LogP contribution in [0, 0.1) is 0 Å². The Morgan fingerprint density at radius 3 is 2.76 bits per heavy atom. The highest BCUT2D eigenvalue weighted by molar-refractivity contribution is 5.94. The number of hydrogen-bond acceptors (Lipinski definition) is 3. The van der Waals surface area contributed by atoms with E-state index < -0.39 is 5.97 Å². The Labute approximate surface area is 101 Å². The number of aromatic nitrogens is 1. The fourth-order valence-electron chi connectivity index (χ4n) is 1.49. The summed E-state index contributed by atoms with van der Waals surface area (Å²) in [6, 6.07) is 3.73. The van der Waals surface area contributed by atoms with Gasteiger partial charge in [-0.3, -0.25) is 9.59 Å². The van der Waals surface area contributed by atoms with Crippen LogP contribution in [0.25, 0.3) is 0 Å². The van der Waals surface area contributed by atoms with Gasteiger partial charge in [0.05, 0.1) is 6.61 Å². The molecule has 0 saturated heterocycles. The Hall–Kier alpha value is -1.78. The van der Waals surface area contributed by atoms with Gasteiger partial charge in [-0.2, -0.15) is 0 Å². The van der Waals surface area contributed by atoms with E-state index in [0.29, 0.717) is 12.3 Å². The van der Waals surface area contributed by atoms with Gasteiger partial charge in [-0.15, -0.1) is 0 Å². The zero-order valence-electron chi connectivity index (χ0n) is 10.4. The first-order valence-electron chi connectivity index (χ1n) is 5.67. The van der Waals surface area contributed by atoms with Crippen LogP contribution in [0.1, 0.15) is 37.3 Å². The smallest absolute Gasteiger partial charge is 0.325 e. The molecule has 0 aliphatic carbocycles. The van der Waals surface area contributed by atoms with Crippen LogP contribution < -0.4 is 5.32 Å². The van der Waals surface area contributed by atoms with E-state index in [1.807, 2.05) is 24.6 Å². The van der Waals surface area contributed by atoms with Gasteiger partial charge in [-0.1, -0.05) is 0 Å². The van der Waals surface area contributed by atoms with Crippen molar-refractivity contribution in [3.63, 3.8) is 0 Å². The van der Waals surface area contributed by atoms with Crippen molar-refractivity contribution >= 4 is 11.9 Å². The van der Waals surface area contributed by atoms with Gasteiger partial charge in [0.2, 0.25) is 0 Å². The van der Waals surface area contributed by atoms with Gasteiger partial charge < -0.3 is 14.6 Å². The maximum atomic E-state index is 11.8. The van der Waals surface area contributed by atoms with Crippen molar-refractivity contribution in [1.82, 2.24) is 9.88 Å². The van der Waals surface area contributed by atoms with Crippen molar-refractivity contribution in [2.75, 3.05) is 13.2 Å². The summed E-state index contributed by atoms with van der Waals surface area (Å²) in [7, 11) is 0. The van der Waals surface area contributed by atoms with Crippen LogP contribution in [0.15, 0.2) is 18.3 Å². The van der Waals surface area contributed by atoms with Crippen molar-refractivity contribution in [2.24, 2.45) is 0 Å². The van der Waals surface area contributed by atoms with Crippen molar-refractivity contribution < 1.29 is 14.3 Å². The van der Waals surface area contributed by atoms with Crippen LogP contribution in [0.4, 0.5) is 0 Å². The van der Waals surface area contributed by atoms with Crippen molar-refractivity contribution in [1.29, 1.82) is 0 Å². The summed E-state index contributed by atoms with van der Waals surface area (Å²) in [5.41, 5.74) is 0.546. The summed E-state index contributed by atoms with van der Waals surface area (Å²) < 4.78 is 6.57. The highest BCUT2D eigenvalue weighted by Crippen LogP contribution is 2.10. The van der Waals surface area contributed by atoms with Gasteiger partial charge in [-0.25, -0.2) is 0 Å². The molecule has 0 aromatic carbocycles. The van der Waals surface area contributed by atoms with Gasteiger partial charge in [0, 0.05) is 12.2 Å². The second kappa shape index (κ2) is 6.08. The van der Waals surface area contributed by atoms with Crippen LogP contribution in [0.2, 0.25) is 0 Å². The summed E-state index contributed by atoms with van der Waals surface area (Å²) in [4.78, 5) is 22.9. The highest BCUT2D eigenvalue weighted by Gasteiger charge is 2.13. The molecule has 1 rings (SSSR count). The Balaban J connectivity index is 2.58. The lowest BCUT2D eigenvalue weighted by atomic mass is 10.3. The van der Waals surface area contributed by atoms with Gasteiger partial charge in [-0.05, 0) is 32.9 Å². The molecule has 0 unspecified atom stereocenters. The van der Waals surface area contributed by atoms with Crippen molar-refractivity contribution in [2.45, 2.75) is 26.8 Å². The van der Waals surface area contributed by atoms with Gasteiger partial charge >= 0.3 is 5.97 Å². The summed E-state index contributed by atoms with van der Waals surface area (Å²) >= 11 is 0. The lowest BCUT2D eigenvalue weighted by Gasteiger charge is -2.12. The quantitative estimate of drug-likeness (QED) is 0.788. The fourth-order valence-corrected chi connectivity index (χ4v) is 1.49. The average Bonchev–Trinajstić information content (AvgIpc) is 2.75. The third-order valence-corrected chi connectivity index (χ3v) is 2.27. The van der Waals surface area contributed by atoms with E-state index in [1.165, 1.54) is 0 Å². The van der Waals surface area contributed by atoms with Gasteiger partial charge in [0.1, 0.15) is 12.2 Å². The highest BCUT2D eigenvalue weighted by atomic mass is 16.5. The molecule has 5 nitrogen and oxygen atoms in total. The minimum Gasteiger partial charge on any atom is -0.465 e. The van der Waals surface area contributed by atoms with E-state index in [4.69, 9.17) is 4.74 Å². The summed E-state index contributed by atoms with van der Waals surface area (Å²) in [6.07, 6.45) is 1.84. The number of hydrogen-bond donors (Lipinski definition) is 1. The average molecular weight is 238 g/mol. The second-order valence-corrected chi connectivity index (χ2v) is 3.88. The van der Waals surface area contributed by atoms with Crippen LogP contribution >= 0.6 is 0 Å². The minimum atomic E-state index is -0.427. The molecule has 0 spiro atoms. The third-order valence-electron chi connectivity index (χ3n) is 2.27. The normalized spacial score (nSPS) is 10.4. The molecule has 0 fully saturated rings. The zero-order valence-corrected chi connectivity index (χ0v) is 10.4. The summed E-state index contributed by atoms with van der Waals surface area (Å²) in [6.45, 7) is 5.92. The molecule has 1 aromatic heterocycles. The molecular formula is C12H18N2O3. The predicted octanol–water partition coefficient (Wildman–Crippen LogP) is 1.36. The molecule has 0 aliphatic rings. The predicted molar refractivity (Wildman–Crippen MR) is 63.8 cm³/mol. The van der Waals surface area contributed by atoms with Crippen LogP contribution in [0.5, 0.6) is 0 Å². The molecule has 94 valence electrons. The minimum absolute atomic E-state index is 0.101. The number of esters is 1. The molecule has 1 aromatic rings. The number of amides is 1. The lowest BCUT2D eigenvalue weighted by Crippen LogP contribution is -2.32. The number of carbonyl (C=O) groups is 2. The van der Waals surface area contributed by atoms with Crippen LogP contribution in [0.3, 0.4) is 0 Å². The Morgan fingerprint density at radius 2 is 2.18 bits per heavy atom. The first-order valence-corrected chi connectivity index (χ1v) is 5.67. The first-order chi connectivity index (χ1) is 8.06. The molecule has 1 heterocycles. The molecule has 5 heteroatoms. The Kier molecular flexibility index (Phi) is 4.75. The lowest BCUT2D eigenvalue weighted by molar-refractivity contribution is -0.141. The van der Waals surface area contributed by atoms with Gasteiger partial charge in [0.15, 0.2) is 0 Å². The molecule has 17 heavy (non-hydrogen) atoms. The molecule has 0 atom stereocenters. The largest absolute Gasteiger partial charge is 0.465 e. The van der Waals surface area contributed by atoms with E-state index >= 15 is 0 Å². The zero-order chi connectivity index (χ0) is 12.8. The van der Waals surface area contributed by atoms with E-state index in [2.05, 4.69) is 5.32 Å². The first kappa shape index (κ1) is 13.3. The Bertz CT molecular complexity index is 396. The molecule has 0 radical (unpaired) electrons. The van der Waals surface area contributed by atoms with Crippen LogP contribution in [-0.2, 0) is 9.53 Å². The summed E-state index contributed by atoms with van der Waals surface area (Å²) in [5, 5.41) is 2.53. The fraction of sp³-hybridized carbons (Fsp3) is 0.500. The number of nitrogens with zero attached hydrogens (tertiary/aromatic N) is 1. The summed E-state index contributed by atoms with van der Waals surface area (Å²) in [5.74, 6) is -0.694. The van der Waals surface area contributed by atoms with E-state index in [0.717, 1.165) is 0 Å². The molecule has 1 amide bonds. The number of ether oxygens (including phenoxy) is 1. The second-order valence-electron chi connectivity index (χ2n) is 3.88. The number of rotatable bonds is 5. The van der Waals surface area contributed by atoms with Crippen LogP contribution in [-0.4, -0.2) is 29.6 Å². The number of carbonyl (C=O) groups excluding carboxylic acids is 2. The monoisotopic (exact) mass is 238 g/mol. The molecule has 0 saturated carbocycles. The molecule has 0 bridgehead atoms. The van der Waals surface area contributed by atoms with E-state index in [-0.39, 0.29) is 18.5 Å². The maximum Gasteiger partial charge on any atom is 0.325 e. The van der Waals surface area contributed by atoms with Crippen molar-refractivity contribution in [3.8, 4) is 0 Å². The topological polar surface area (TPSA) is 60.3 Å². The number of nitrogens with one attached hydrogen (secondary N) is 1. The maximum absolute atomic E-state index is 11.8. The van der Waals surface area contributed by atoms with E-state index in [1.54, 1.807) is 19.1 Å². The Morgan fingerprint density at radius 1 is 1.47 bits per heavy atom. The SMILES string of the molecule is CCOC(=O)CNC(=O)c1cccn1C(C)C.